The van der Waals surface area contributed by atoms with E-state index >= 15 is 0 Å². The van der Waals surface area contributed by atoms with Crippen molar-refractivity contribution in [2.45, 2.75) is 25.4 Å². The van der Waals surface area contributed by atoms with Crippen molar-refractivity contribution in [1.82, 2.24) is 15.5 Å². The summed E-state index contributed by atoms with van der Waals surface area (Å²) in [6.07, 6.45) is 2.19. The molecule has 2 N–H and O–H groups in total. The predicted octanol–water partition coefficient (Wildman–Crippen LogP) is 1.58. The molecule has 1 aromatic heterocycles. The van der Waals surface area contributed by atoms with Crippen molar-refractivity contribution < 1.29 is 13.9 Å². The van der Waals surface area contributed by atoms with Crippen molar-refractivity contribution in [3.63, 3.8) is 0 Å². The summed E-state index contributed by atoms with van der Waals surface area (Å²) in [5.41, 5.74) is 0.929. The molecule has 0 saturated heterocycles. The van der Waals surface area contributed by atoms with Gasteiger partial charge in [-0.3, -0.25) is 4.79 Å². The van der Waals surface area contributed by atoms with Crippen molar-refractivity contribution in [1.29, 1.82) is 0 Å². The van der Waals surface area contributed by atoms with Crippen LogP contribution in [-0.2, 0) is 6.54 Å². The molecule has 0 aliphatic heterocycles. The summed E-state index contributed by atoms with van der Waals surface area (Å²) < 4.78 is 10.4. The maximum absolute atomic E-state index is 11.9. The summed E-state index contributed by atoms with van der Waals surface area (Å²) in [6, 6.07) is 8.16. The largest absolute Gasteiger partial charge is 0.497 e. The molecule has 1 aliphatic carbocycles. The van der Waals surface area contributed by atoms with Gasteiger partial charge >= 0.3 is 17.8 Å². The van der Waals surface area contributed by atoms with Crippen LogP contribution in [0, 0.1) is 0 Å². The standard InChI is InChI=1S/C14H16N4O3/c1-20-11-4-2-3-9(7-11)8-15-12(19)13-17-18-14(21-13)16-10-5-6-10/h2-4,7,10H,5-6,8H2,1H3,(H,15,19)(H,16,18). The molecular weight excluding hydrogens is 272 g/mol. The van der Waals surface area contributed by atoms with E-state index in [9.17, 15) is 4.79 Å². The zero-order chi connectivity index (χ0) is 14.7. The fourth-order valence-electron chi connectivity index (χ4n) is 1.82. The number of nitrogens with zero attached hydrogens (tertiary/aromatic N) is 2. The molecule has 1 heterocycles. The molecule has 1 aromatic carbocycles. The lowest BCUT2D eigenvalue weighted by Crippen LogP contribution is -2.23. The Balaban J connectivity index is 1.56. The van der Waals surface area contributed by atoms with Gasteiger partial charge in [0.25, 0.3) is 0 Å². The minimum absolute atomic E-state index is 0.0407. The van der Waals surface area contributed by atoms with Gasteiger partial charge in [0, 0.05) is 12.6 Å². The third-order valence-corrected chi connectivity index (χ3v) is 3.11. The quantitative estimate of drug-likeness (QED) is 0.839. The molecule has 0 atom stereocenters. The van der Waals surface area contributed by atoms with Gasteiger partial charge in [-0.15, -0.1) is 5.10 Å². The third kappa shape index (κ3) is 3.50. The average molecular weight is 288 g/mol. The number of nitrogens with one attached hydrogen (secondary N) is 2. The van der Waals surface area contributed by atoms with Crippen LogP contribution in [0.1, 0.15) is 29.1 Å². The number of ether oxygens (including phenoxy) is 1. The number of carbonyl (C=O) groups excluding carboxylic acids is 1. The van der Waals surface area contributed by atoms with Crippen molar-refractivity contribution in [2.75, 3.05) is 12.4 Å². The molecule has 1 fully saturated rings. The molecular formula is C14H16N4O3. The van der Waals surface area contributed by atoms with E-state index in [0.29, 0.717) is 18.6 Å². The first kappa shape index (κ1) is 13.4. The number of hydrogen-bond acceptors (Lipinski definition) is 6. The van der Waals surface area contributed by atoms with E-state index in [-0.39, 0.29) is 5.89 Å². The molecule has 0 radical (unpaired) electrons. The van der Waals surface area contributed by atoms with Crippen molar-refractivity contribution in [3.05, 3.63) is 35.7 Å². The number of hydrogen-bond donors (Lipinski definition) is 2. The topological polar surface area (TPSA) is 89.3 Å². The van der Waals surface area contributed by atoms with Crippen LogP contribution in [0.4, 0.5) is 6.01 Å². The van der Waals surface area contributed by atoms with Gasteiger partial charge in [0.15, 0.2) is 0 Å². The van der Waals surface area contributed by atoms with E-state index in [1.807, 2.05) is 24.3 Å². The molecule has 3 rings (SSSR count). The van der Waals surface area contributed by atoms with Crippen LogP contribution in [0.2, 0.25) is 0 Å². The highest BCUT2D eigenvalue weighted by molar-refractivity contribution is 5.89. The lowest BCUT2D eigenvalue weighted by Gasteiger charge is -2.05. The zero-order valence-electron chi connectivity index (χ0n) is 11.6. The maximum atomic E-state index is 11.9. The third-order valence-electron chi connectivity index (χ3n) is 3.11. The monoisotopic (exact) mass is 288 g/mol. The normalized spacial score (nSPS) is 13.8. The number of carbonyl (C=O) groups is 1. The predicted molar refractivity (Wildman–Crippen MR) is 75.1 cm³/mol. The molecule has 1 aliphatic rings. The van der Waals surface area contributed by atoms with Crippen molar-refractivity contribution in [2.24, 2.45) is 0 Å². The Labute approximate surface area is 121 Å². The van der Waals surface area contributed by atoms with Crippen LogP contribution in [0.3, 0.4) is 0 Å². The van der Waals surface area contributed by atoms with E-state index in [4.69, 9.17) is 9.15 Å². The minimum atomic E-state index is -0.394. The van der Waals surface area contributed by atoms with Gasteiger partial charge in [-0.1, -0.05) is 17.2 Å². The highest BCUT2D eigenvalue weighted by Crippen LogP contribution is 2.23. The van der Waals surface area contributed by atoms with Crippen LogP contribution in [0.5, 0.6) is 5.75 Å². The number of rotatable bonds is 6. The summed E-state index contributed by atoms with van der Waals surface area (Å²) in [5, 5.41) is 13.3. The van der Waals surface area contributed by atoms with Crippen molar-refractivity contribution in [3.8, 4) is 5.75 Å². The Bertz CT molecular complexity index is 637. The fourth-order valence-corrected chi connectivity index (χ4v) is 1.82. The molecule has 2 aromatic rings. The number of amides is 1. The summed E-state index contributed by atoms with van der Waals surface area (Å²) in [5.74, 6) is 0.311. The Morgan fingerprint density at radius 3 is 3.05 bits per heavy atom. The van der Waals surface area contributed by atoms with Crippen LogP contribution in [-0.4, -0.2) is 29.3 Å². The van der Waals surface area contributed by atoms with Gasteiger partial charge in [-0.25, -0.2) is 0 Å². The van der Waals surface area contributed by atoms with E-state index in [1.165, 1.54) is 0 Å². The van der Waals surface area contributed by atoms with E-state index in [1.54, 1.807) is 7.11 Å². The first-order valence-corrected chi connectivity index (χ1v) is 6.76. The fraction of sp³-hybridized carbons (Fsp3) is 0.357. The second kappa shape index (κ2) is 5.82. The van der Waals surface area contributed by atoms with Crippen LogP contribution < -0.4 is 15.4 Å². The molecule has 110 valence electrons. The molecule has 1 amide bonds. The van der Waals surface area contributed by atoms with E-state index in [0.717, 1.165) is 24.2 Å². The van der Waals surface area contributed by atoms with Crippen LogP contribution in [0.15, 0.2) is 28.7 Å². The average Bonchev–Trinajstić information content (AvgIpc) is 3.20. The zero-order valence-corrected chi connectivity index (χ0v) is 11.6. The van der Waals surface area contributed by atoms with E-state index < -0.39 is 5.91 Å². The maximum Gasteiger partial charge on any atom is 0.316 e. The number of benzene rings is 1. The molecule has 1 saturated carbocycles. The molecule has 0 unspecified atom stereocenters. The number of aromatic nitrogens is 2. The molecule has 7 heteroatoms. The number of anilines is 1. The van der Waals surface area contributed by atoms with Gasteiger partial charge in [0.05, 0.1) is 7.11 Å². The SMILES string of the molecule is COc1cccc(CNC(=O)c2nnc(NC3CC3)o2)c1. The summed E-state index contributed by atoms with van der Waals surface area (Å²) in [6.45, 7) is 0.365. The highest BCUT2D eigenvalue weighted by atomic mass is 16.5. The molecule has 7 nitrogen and oxygen atoms in total. The second-order valence-electron chi connectivity index (χ2n) is 4.87. The van der Waals surface area contributed by atoms with Gasteiger partial charge < -0.3 is 19.8 Å². The van der Waals surface area contributed by atoms with Crippen LogP contribution >= 0.6 is 0 Å². The van der Waals surface area contributed by atoms with Gasteiger partial charge in [-0.2, -0.15) is 0 Å². The Morgan fingerprint density at radius 2 is 2.29 bits per heavy atom. The first-order valence-electron chi connectivity index (χ1n) is 6.76. The molecule has 0 bridgehead atoms. The van der Waals surface area contributed by atoms with Gasteiger partial charge in [-0.05, 0) is 30.5 Å². The lowest BCUT2D eigenvalue weighted by atomic mass is 10.2. The summed E-state index contributed by atoms with van der Waals surface area (Å²) in [4.78, 5) is 11.9. The van der Waals surface area contributed by atoms with Crippen LogP contribution in [0.25, 0.3) is 0 Å². The summed E-state index contributed by atoms with van der Waals surface area (Å²) >= 11 is 0. The van der Waals surface area contributed by atoms with Gasteiger partial charge in [0.1, 0.15) is 5.75 Å². The molecule has 21 heavy (non-hydrogen) atoms. The Kier molecular flexibility index (Phi) is 3.72. The Morgan fingerprint density at radius 1 is 1.43 bits per heavy atom. The minimum Gasteiger partial charge on any atom is -0.497 e. The smallest absolute Gasteiger partial charge is 0.316 e. The van der Waals surface area contributed by atoms with Crippen molar-refractivity contribution >= 4 is 11.9 Å². The number of methoxy groups -OCH3 is 1. The lowest BCUT2D eigenvalue weighted by molar-refractivity contribution is 0.0917. The Hall–Kier alpha value is -2.57. The summed E-state index contributed by atoms with van der Waals surface area (Å²) in [7, 11) is 1.60. The first-order chi connectivity index (χ1) is 10.2. The van der Waals surface area contributed by atoms with E-state index in [2.05, 4.69) is 20.8 Å². The second-order valence-corrected chi connectivity index (χ2v) is 4.87. The highest BCUT2D eigenvalue weighted by Gasteiger charge is 2.24. The molecule has 0 spiro atoms. The van der Waals surface area contributed by atoms with Gasteiger partial charge in [0.2, 0.25) is 0 Å².